The highest BCUT2D eigenvalue weighted by molar-refractivity contribution is 7.91. The van der Waals surface area contributed by atoms with Crippen LogP contribution < -0.4 is 0 Å². The fraction of sp³-hybridized carbons (Fsp3) is 1.00. The summed E-state index contributed by atoms with van der Waals surface area (Å²) in [6, 6.07) is 0.639. The minimum Gasteiger partial charge on any atom is -0.393 e. The Hall–Kier alpha value is -0.130. The van der Waals surface area contributed by atoms with E-state index in [2.05, 4.69) is 4.90 Å². The van der Waals surface area contributed by atoms with E-state index in [1.54, 1.807) is 0 Å². The molecule has 2 heterocycles. The van der Waals surface area contributed by atoms with Gasteiger partial charge in [0, 0.05) is 18.0 Å². The van der Waals surface area contributed by atoms with Crippen LogP contribution in [-0.2, 0) is 9.84 Å². The number of sulfone groups is 1. The number of hydrogen-bond acceptors (Lipinski definition) is 4. The summed E-state index contributed by atoms with van der Waals surface area (Å²) in [5.41, 5.74) is 0. The molecule has 110 valence electrons. The fourth-order valence-electron chi connectivity index (χ4n) is 4.35. The molecule has 0 aromatic carbocycles. The second-order valence-electron chi connectivity index (χ2n) is 6.52. The van der Waals surface area contributed by atoms with Crippen molar-refractivity contribution in [2.45, 2.75) is 63.1 Å². The topological polar surface area (TPSA) is 57.6 Å². The molecule has 0 amide bonds. The summed E-state index contributed by atoms with van der Waals surface area (Å²) < 4.78 is 23.3. The largest absolute Gasteiger partial charge is 0.393 e. The van der Waals surface area contributed by atoms with Crippen molar-refractivity contribution in [3.05, 3.63) is 0 Å². The van der Waals surface area contributed by atoms with Crippen molar-refractivity contribution in [3.8, 4) is 0 Å². The van der Waals surface area contributed by atoms with Crippen LogP contribution in [0.15, 0.2) is 0 Å². The standard InChI is InChI=1S/C14H25NO3S/c16-14-6-2-1-4-12(14)13-5-3-8-15(13)11-7-9-19(17,18)10-11/h11-14,16H,1-10H2. The van der Waals surface area contributed by atoms with E-state index in [1.165, 1.54) is 6.42 Å². The molecule has 19 heavy (non-hydrogen) atoms. The molecule has 0 aromatic rings. The van der Waals surface area contributed by atoms with Crippen LogP contribution in [-0.4, -0.2) is 54.7 Å². The summed E-state index contributed by atoms with van der Waals surface area (Å²) in [6.45, 7) is 1.02. The van der Waals surface area contributed by atoms with Crippen molar-refractivity contribution < 1.29 is 13.5 Å². The molecule has 2 saturated heterocycles. The molecule has 1 aliphatic carbocycles. The molecular formula is C14H25NO3S. The molecule has 3 fully saturated rings. The number of rotatable bonds is 2. The summed E-state index contributed by atoms with van der Waals surface area (Å²) in [5.74, 6) is 1.07. The average molecular weight is 287 g/mol. The number of aliphatic hydroxyl groups is 1. The SMILES string of the molecule is O=S1(=O)CCC(N2CCCC2C2CCCCC2O)C1. The van der Waals surface area contributed by atoms with Crippen LogP contribution in [0.3, 0.4) is 0 Å². The Bertz CT molecular complexity index is 422. The summed E-state index contributed by atoms with van der Waals surface area (Å²) >= 11 is 0. The van der Waals surface area contributed by atoms with Gasteiger partial charge in [0.2, 0.25) is 0 Å². The maximum Gasteiger partial charge on any atom is 0.151 e. The first-order valence-electron chi connectivity index (χ1n) is 7.71. The van der Waals surface area contributed by atoms with E-state index in [1.807, 2.05) is 0 Å². The minimum atomic E-state index is -2.80. The van der Waals surface area contributed by atoms with Crippen molar-refractivity contribution in [1.82, 2.24) is 4.90 Å². The van der Waals surface area contributed by atoms with Gasteiger partial charge in [-0.3, -0.25) is 4.90 Å². The smallest absolute Gasteiger partial charge is 0.151 e. The number of nitrogens with zero attached hydrogens (tertiary/aromatic N) is 1. The molecule has 0 radical (unpaired) electrons. The summed E-state index contributed by atoms with van der Waals surface area (Å²) in [6.07, 6.45) is 7.32. The number of hydrogen-bond donors (Lipinski definition) is 1. The molecule has 5 heteroatoms. The van der Waals surface area contributed by atoms with Crippen molar-refractivity contribution in [2.75, 3.05) is 18.1 Å². The molecule has 4 unspecified atom stereocenters. The summed E-state index contributed by atoms with van der Waals surface area (Å²) in [5, 5.41) is 10.2. The van der Waals surface area contributed by atoms with Gasteiger partial charge in [0.05, 0.1) is 17.6 Å². The van der Waals surface area contributed by atoms with Crippen LogP contribution >= 0.6 is 0 Å². The van der Waals surface area contributed by atoms with Crippen LogP contribution in [0.1, 0.15) is 44.9 Å². The van der Waals surface area contributed by atoms with E-state index in [0.717, 1.165) is 45.1 Å². The van der Waals surface area contributed by atoms with Gasteiger partial charge in [-0.25, -0.2) is 8.42 Å². The lowest BCUT2D eigenvalue weighted by Crippen LogP contribution is -2.47. The Morgan fingerprint density at radius 2 is 1.79 bits per heavy atom. The zero-order chi connectivity index (χ0) is 13.5. The lowest BCUT2D eigenvalue weighted by atomic mass is 9.80. The maximum absolute atomic E-state index is 11.7. The normalized spacial score (nSPS) is 43.6. The van der Waals surface area contributed by atoms with Crippen LogP contribution in [0, 0.1) is 5.92 Å². The molecule has 3 rings (SSSR count). The third-order valence-electron chi connectivity index (χ3n) is 5.30. The quantitative estimate of drug-likeness (QED) is 0.829. The number of likely N-dealkylation sites (tertiary alicyclic amines) is 1. The second kappa shape index (κ2) is 5.34. The third kappa shape index (κ3) is 2.83. The average Bonchev–Trinajstić information content (AvgIpc) is 2.96. The van der Waals surface area contributed by atoms with Crippen LogP contribution in [0.2, 0.25) is 0 Å². The lowest BCUT2D eigenvalue weighted by Gasteiger charge is -2.39. The van der Waals surface area contributed by atoms with Gasteiger partial charge in [-0.15, -0.1) is 0 Å². The van der Waals surface area contributed by atoms with Crippen molar-refractivity contribution in [2.24, 2.45) is 5.92 Å². The Morgan fingerprint density at radius 1 is 1.00 bits per heavy atom. The summed E-state index contributed by atoms with van der Waals surface area (Å²) in [7, 11) is -2.80. The molecule has 3 aliphatic rings. The molecule has 0 spiro atoms. The number of aliphatic hydroxyl groups excluding tert-OH is 1. The highest BCUT2D eigenvalue weighted by Gasteiger charge is 2.42. The van der Waals surface area contributed by atoms with Crippen molar-refractivity contribution >= 4 is 9.84 Å². The van der Waals surface area contributed by atoms with E-state index in [-0.39, 0.29) is 12.1 Å². The van der Waals surface area contributed by atoms with Gasteiger partial charge in [-0.05, 0) is 38.6 Å². The Morgan fingerprint density at radius 3 is 2.47 bits per heavy atom. The zero-order valence-corrected chi connectivity index (χ0v) is 12.3. The predicted molar refractivity (Wildman–Crippen MR) is 74.8 cm³/mol. The van der Waals surface area contributed by atoms with Crippen LogP contribution in [0.25, 0.3) is 0 Å². The van der Waals surface area contributed by atoms with Crippen molar-refractivity contribution in [1.29, 1.82) is 0 Å². The van der Waals surface area contributed by atoms with Crippen molar-refractivity contribution in [3.63, 3.8) is 0 Å². The molecular weight excluding hydrogens is 262 g/mol. The Kier molecular flexibility index (Phi) is 3.89. The van der Waals surface area contributed by atoms with Gasteiger partial charge in [-0.1, -0.05) is 12.8 Å². The van der Waals surface area contributed by atoms with Gasteiger partial charge >= 0.3 is 0 Å². The molecule has 0 bridgehead atoms. The minimum absolute atomic E-state index is 0.169. The Balaban J connectivity index is 1.71. The van der Waals surface area contributed by atoms with E-state index in [9.17, 15) is 13.5 Å². The predicted octanol–water partition coefficient (Wildman–Crippen LogP) is 1.19. The lowest BCUT2D eigenvalue weighted by molar-refractivity contribution is 0.0133. The molecule has 1 saturated carbocycles. The molecule has 4 atom stereocenters. The van der Waals surface area contributed by atoms with Gasteiger partial charge in [0.1, 0.15) is 0 Å². The van der Waals surface area contributed by atoms with Gasteiger partial charge < -0.3 is 5.11 Å². The highest BCUT2D eigenvalue weighted by atomic mass is 32.2. The van der Waals surface area contributed by atoms with Gasteiger partial charge in [0.15, 0.2) is 9.84 Å². The highest BCUT2D eigenvalue weighted by Crippen LogP contribution is 2.37. The van der Waals surface area contributed by atoms with E-state index in [4.69, 9.17) is 0 Å². The summed E-state index contributed by atoms with van der Waals surface area (Å²) in [4.78, 5) is 2.42. The molecule has 2 aliphatic heterocycles. The maximum atomic E-state index is 11.7. The van der Waals surface area contributed by atoms with Crippen LogP contribution in [0.5, 0.6) is 0 Å². The monoisotopic (exact) mass is 287 g/mol. The van der Waals surface area contributed by atoms with Crippen LogP contribution in [0.4, 0.5) is 0 Å². The van der Waals surface area contributed by atoms with Gasteiger partial charge in [0.25, 0.3) is 0 Å². The molecule has 0 aromatic heterocycles. The first-order valence-corrected chi connectivity index (χ1v) is 9.53. The first kappa shape index (κ1) is 13.8. The zero-order valence-electron chi connectivity index (χ0n) is 11.5. The first-order chi connectivity index (χ1) is 9.07. The van der Waals surface area contributed by atoms with Gasteiger partial charge in [-0.2, -0.15) is 0 Å². The third-order valence-corrected chi connectivity index (χ3v) is 7.05. The second-order valence-corrected chi connectivity index (χ2v) is 8.75. The van der Waals surface area contributed by atoms with E-state index < -0.39 is 9.84 Å². The fourth-order valence-corrected chi connectivity index (χ4v) is 6.10. The molecule has 4 nitrogen and oxygen atoms in total. The Labute approximate surface area is 116 Å². The molecule has 1 N–H and O–H groups in total. The van der Waals surface area contributed by atoms with E-state index >= 15 is 0 Å². The van der Waals surface area contributed by atoms with E-state index in [0.29, 0.717) is 23.5 Å².